The van der Waals surface area contributed by atoms with E-state index < -0.39 is 0 Å². The summed E-state index contributed by atoms with van der Waals surface area (Å²) in [5.74, 6) is 1.42. The summed E-state index contributed by atoms with van der Waals surface area (Å²) in [5, 5.41) is 14.3. The number of carbonyl (C=O) groups is 1. The highest BCUT2D eigenvalue weighted by Gasteiger charge is 2.20. The minimum absolute atomic E-state index is 0.00146. The molecule has 0 radical (unpaired) electrons. The second-order valence-electron chi connectivity index (χ2n) is 6.61. The van der Waals surface area contributed by atoms with Gasteiger partial charge in [-0.3, -0.25) is 4.79 Å². The molecule has 3 aromatic rings. The molecule has 148 valence electrons. The third kappa shape index (κ3) is 4.46. The number of piperazine rings is 1. The molecule has 4 rings (SSSR count). The molecule has 1 aliphatic rings. The van der Waals surface area contributed by atoms with Crippen molar-refractivity contribution in [1.82, 2.24) is 30.3 Å². The van der Waals surface area contributed by atoms with Crippen molar-refractivity contribution in [3.8, 4) is 22.6 Å². The van der Waals surface area contributed by atoms with Gasteiger partial charge in [0.05, 0.1) is 11.9 Å². The van der Waals surface area contributed by atoms with Gasteiger partial charge in [-0.25, -0.2) is 4.98 Å². The largest absolute Gasteiger partial charge is 0.340 e. The predicted octanol–water partition coefficient (Wildman–Crippen LogP) is 1.76. The normalized spacial score (nSPS) is 14.4. The zero-order chi connectivity index (χ0) is 20.1. The van der Waals surface area contributed by atoms with Crippen LogP contribution in [-0.4, -0.2) is 63.3 Å². The Balaban J connectivity index is 1.48. The first-order chi connectivity index (χ1) is 14.2. The monoisotopic (exact) mass is 391 g/mol. The Kier molecular flexibility index (Phi) is 5.57. The summed E-state index contributed by atoms with van der Waals surface area (Å²) in [5.41, 5.74) is 2.56. The van der Waals surface area contributed by atoms with Crippen molar-refractivity contribution in [3.05, 3.63) is 48.3 Å². The van der Waals surface area contributed by atoms with Crippen LogP contribution in [0.2, 0.25) is 0 Å². The molecule has 2 aromatic heterocycles. The molecule has 0 saturated carbocycles. The number of carbonyl (C=O) groups excluding carboxylic acids is 1. The van der Waals surface area contributed by atoms with Crippen LogP contribution in [0.5, 0.6) is 0 Å². The highest BCUT2D eigenvalue weighted by molar-refractivity contribution is 5.78. The van der Waals surface area contributed by atoms with Gasteiger partial charge in [-0.2, -0.15) is 4.98 Å². The number of H-pyrrole nitrogens is 1. The van der Waals surface area contributed by atoms with Gasteiger partial charge in [0, 0.05) is 43.5 Å². The van der Waals surface area contributed by atoms with E-state index in [0.717, 1.165) is 29.9 Å². The van der Waals surface area contributed by atoms with Gasteiger partial charge in [-0.05, 0) is 18.2 Å². The van der Waals surface area contributed by atoms with Gasteiger partial charge in [0.2, 0.25) is 17.6 Å². The number of nitrogens with one attached hydrogen (secondary N) is 3. The lowest BCUT2D eigenvalue weighted by Crippen LogP contribution is -2.46. The van der Waals surface area contributed by atoms with Crippen molar-refractivity contribution in [1.29, 1.82) is 5.41 Å². The topological polar surface area (TPSA) is 124 Å². The maximum Gasteiger partial charge on any atom is 0.236 e. The number of nitrogens with zero attached hydrogens (tertiary/aromatic N) is 4. The van der Waals surface area contributed by atoms with Crippen LogP contribution >= 0.6 is 0 Å². The fraction of sp³-hybridized carbons (Fsp3) is 0.250. The van der Waals surface area contributed by atoms with Gasteiger partial charge in [0.15, 0.2) is 0 Å². The van der Waals surface area contributed by atoms with Gasteiger partial charge in [-0.15, -0.1) is 0 Å². The Hall–Kier alpha value is -3.59. The van der Waals surface area contributed by atoms with Crippen LogP contribution in [-0.2, 0) is 11.2 Å². The first kappa shape index (κ1) is 18.8. The Labute approximate surface area is 167 Å². The van der Waals surface area contributed by atoms with Crippen molar-refractivity contribution in [2.45, 2.75) is 6.42 Å². The third-order valence-electron chi connectivity index (χ3n) is 4.62. The molecule has 1 aromatic carbocycles. The summed E-state index contributed by atoms with van der Waals surface area (Å²) < 4.78 is 5.30. The maximum absolute atomic E-state index is 12.4. The Morgan fingerprint density at radius 1 is 1.28 bits per heavy atom. The average Bonchev–Trinajstić information content (AvgIpc) is 3.43. The van der Waals surface area contributed by atoms with Gasteiger partial charge in [0.25, 0.3) is 0 Å². The molecule has 0 spiro atoms. The summed E-state index contributed by atoms with van der Waals surface area (Å²) in [4.78, 5) is 26.0. The van der Waals surface area contributed by atoms with Gasteiger partial charge in [0.1, 0.15) is 12.2 Å². The van der Waals surface area contributed by atoms with Crippen molar-refractivity contribution in [3.63, 3.8) is 0 Å². The van der Waals surface area contributed by atoms with Crippen LogP contribution < -0.4 is 5.32 Å². The molecule has 1 aliphatic heterocycles. The molecule has 29 heavy (non-hydrogen) atoms. The summed E-state index contributed by atoms with van der Waals surface area (Å²) in [6, 6.07) is 7.68. The fourth-order valence-electron chi connectivity index (χ4n) is 3.13. The molecule has 0 bridgehead atoms. The van der Waals surface area contributed by atoms with E-state index in [-0.39, 0.29) is 12.3 Å². The number of amides is 1. The van der Waals surface area contributed by atoms with Crippen LogP contribution in [0.3, 0.4) is 0 Å². The van der Waals surface area contributed by atoms with E-state index in [9.17, 15) is 4.79 Å². The van der Waals surface area contributed by atoms with Crippen LogP contribution in [0, 0.1) is 5.41 Å². The molecular formula is C20H21N7O2. The molecule has 1 amide bonds. The van der Waals surface area contributed by atoms with E-state index in [0.29, 0.717) is 30.6 Å². The van der Waals surface area contributed by atoms with E-state index in [1.54, 1.807) is 18.3 Å². The summed E-state index contributed by atoms with van der Waals surface area (Å²) >= 11 is 0. The highest BCUT2D eigenvalue weighted by atomic mass is 16.5. The second-order valence-corrected chi connectivity index (χ2v) is 6.61. The average molecular weight is 391 g/mol. The second kappa shape index (κ2) is 8.61. The van der Waals surface area contributed by atoms with Crippen LogP contribution in [0.15, 0.2) is 41.1 Å². The first-order valence-electron chi connectivity index (χ1n) is 9.37. The van der Waals surface area contributed by atoms with E-state index in [1.165, 1.54) is 6.21 Å². The number of imidazole rings is 1. The Morgan fingerprint density at radius 3 is 2.93 bits per heavy atom. The molecule has 9 heteroatoms. The fourth-order valence-corrected chi connectivity index (χ4v) is 3.13. The smallest absolute Gasteiger partial charge is 0.236 e. The van der Waals surface area contributed by atoms with E-state index in [2.05, 4.69) is 25.4 Å². The number of aromatic nitrogens is 4. The van der Waals surface area contributed by atoms with Crippen LogP contribution in [0.4, 0.5) is 0 Å². The Morgan fingerprint density at radius 2 is 2.10 bits per heavy atom. The number of hydrogen-bond donors (Lipinski definition) is 3. The molecule has 1 saturated heterocycles. The lowest BCUT2D eigenvalue weighted by molar-refractivity contribution is -0.131. The van der Waals surface area contributed by atoms with E-state index >= 15 is 0 Å². The lowest BCUT2D eigenvalue weighted by Gasteiger charge is -2.26. The number of hydrogen-bond acceptors (Lipinski definition) is 7. The minimum Gasteiger partial charge on any atom is -0.340 e. The number of benzene rings is 1. The molecule has 9 nitrogen and oxygen atoms in total. The minimum atomic E-state index is -0.00146. The Bertz CT molecular complexity index is 1030. The van der Waals surface area contributed by atoms with Crippen molar-refractivity contribution in [2.75, 3.05) is 26.2 Å². The van der Waals surface area contributed by atoms with Gasteiger partial charge in [-0.1, -0.05) is 23.4 Å². The quantitative estimate of drug-likeness (QED) is 0.550. The number of aromatic amines is 1. The van der Waals surface area contributed by atoms with Crippen molar-refractivity contribution in [2.24, 2.45) is 0 Å². The third-order valence-corrected chi connectivity index (χ3v) is 4.62. The van der Waals surface area contributed by atoms with E-state index in [1.807, 2.05) is 29.2 Å². The van der Waals surface area contributed by atoms with Crippen molar-refractivity contribution >= 4 is 18.2 Å². The molecule has 0 aliphatic carbocycles. The van der Waals surface area contributed by atoms with Gasteiger partial charge < -0.3 is 25.1 Å². The predicted molar refractivity (Wildman–Crippen MR) is 108 cm³/mol. The summed E-state index contributed by atoms with van der Waals surface area (Å²) in [6.07, 6.45) is 6.36. The number of allylic oxidation sites excluding steroid dienone is 1. The van der Waals surface area contributed by atoms with Crippen LogP contribution in [0.1, 0.15) is 11.7 Å². The molecule has 0 atom stereocenters. The molecule has 0 unspecified atom stereocenters. The van der Waals surface area contributed by atoms with Crippen LogP contribution in [0.25, 0.3) is 28.7 Å². The zero-order valence-corrected chi connectivity index (χ0v) is 15.8. The molecule has 3 N–H and O–H groups in total. The maximum atomic E-state index is 12.4. The SMILES string of the molecule is N=C/C=C\c1ncc(-c2cccc(-c3noc(CC(=O)N4CCNCC4)n3)c2)[nH]1. The molecule has 3 heterocycles. The summed E-state index contributed by atoms with van der Waals surface area (Å²) in [7, 11) is 0. The highest BCUT2D eigenvalue weighted by Crippen LogP contribution is 2.24. The zero-order valence-electron chi connectivity index (χ0n) is 15.8. The van der Waals surface area contributed by atoms with E-state index in [4.69, 9.17) is 9.93 Å². The van der Waals surface area contributed by atoms with Gasteiger partial charge >= 0.3 is 0 Å². The van der Waals surface area contributed by atoms with Crippen molar-refractivity contribution < 1.29 is 9.32 Å². The number of rotatable bonds is 6. The first-order valence-corrected chi connectivity index (χ1v) is 9.37. The summed E-state index contributed by atoms with van der Waals surface area (Å²) in [6.45, 7) is 3.01. The standard InChI is InChI=1S/C20H21N7O2/c21-6-2-5-17-23-13-16(24-17)14-3-1-4-15(11-14)20-25-18(29-26-20)12-19(28)27-9-7-22-8-10-27/h1-6,11,13,21-22H,7-10,12H2,(H,23,24)/b5-2-,21-6?. The lowest BCUT2D eigenvalue weighted by atomic mass is 10.1. The molecular weight excluding hydrogens is 370 g/mol. The molecule has 1 fully saturated rings.